The molecule has 0 saturated carbocycles. The van der Waals surface area contributed by atoms with Crippen LogP contribution < -0.4 is 5.32 Å². The van der Waals surface area contributed by atoms with Gasteiger partial charge in [-0.05, 0) is 43.7 Å². The first kappa shape index (κ1) is 15.9. The van der Waals surface area contributed by atoms with Crippen molar-refractivity contribution in [3.8, 4) is 0 Å². The molecular weight excluding hydrogens is 278 g/mol. The minimum Gasteiger partial charge on any atom is -0.377 e. The van der Waals surface area contributed by atoms with Crippen molar-refractivity contribution in [2.75, 3.05) is 11.9 Å². The van der Waals surface area contributed by atoms with E-state index in [1.807, 2.05) is 31.2 Å². The zero-order valence-electron chi connectivity index (χ0n) is 12.8. The van der Waals surface area contributed by atoms with Gasteiger partial charge >= 0.3 is 0 Å². The monoisotopic (exact) mass is 297 g/mol. The van der Waals surface area contributed by atoms with Crippen LogP contribution in [-0.2, 0) is 11.3 Å². The molecule has 0 spiro atoms. The number of ketones is 1. The Kier molecular flexibility index (Phi) is 5.44. The summed E-state index contributed by atoms with van der Waals surface area (Å²) in [4.78, 5) is 23.4. The molecule has 22 heavy (non-hydrogen) atoms. The maximum atomic E-state index is 12.2. The normalized spacial score (nSPS) is 10.3. The molecule has 0 heterocycles. The number of Topliss-reactive ketones (excluding diaryl/α,β-unsaturated/α-hetero) is 1. The van der Waals surface area contributed by atoms with E-state index in [9.17, 15) is 9.59 Å². The van der Waals surface area contributed by atoms with Crippen LogP contribution in [0.25, 0.3) is 0 Å². The summed E-state index contributed by atoms with van der Waals surface area (Å²) in [6.07, 6.45) is 0. The SMILES string of the molecule is CCOCc1cccc(NC(=O)c2ccc(C(C)=O)cc2)c1. The quantitative estimate of drug-likeness (QED) is 0.827. The van der Waals surface area contributed by atoms with Crippen LogP contribution in [0.3, 0.4) is 0 Å². The molecule has 2 aromatic rings. The van der Waals surface area contributed by atoms with Crippen molar-refractivity contribution in [3.63, 3.8) is 0 Å². The average molecular weight is 297 g/mol. The van der Waals surface area contributed by atoms with E-state index in [0.717, 1.165) is 11.3 Å². The molecule has 4 heteroatoms. The third-order valence-electron chi connectivity index (χ3n) is 3.21. The molecule has 114 valence electrons. The predicted octanol–water partition coefficient (Wildman–Crippen LogP) is 3.68. The molecule has 0 aliphatic rings. The van der Waals surface area contributed by atoms with Gasteiger partial charge in [0.15, 0.2) is 5.78 Å². The van der Waals surface area contributed by atoms with E-state index in [1.165, 1.54) is 6.92 Å². The Bertz CT molecular complexity index is 662. The lowest BCUT2D eigenvalue weighted by molar-refractivity contribution is 0.100. The number of ether oxygens (including phenoxy) is 1. The number of amides is 1. The first-order valence-corrected chi connectivity index (χ1v) is 7.19. The molecule has 1 N–H and O–H groups in total. The van der Waals surface area contributed by atoms with E-state index in [2.05, 4.69) is 5.32 Å². The highest BCUT2D eigenvalue weighted by Crippen LogP contribution is 2.14. The average Bonchev–Trinajstić information content (AvgIpc) is 2.53. The molecule has 2 aromatic carbocycles. The van der Waals surface area contributed by atoms with Crippen molar-refractivity contribution in [1.82, 2.24) is 0 Å². The zero-order valence-corrected chi connectivity index (χ0v) is 12.8. The first-order valence-electron chi connectivity index (χ1n) is 7.19. The van der Waals surface area contributed by atoms with E-state index in [0.29, 0.717) is 24.3 Å². The van der Waals surface area contributed by atoms with E-state index in [4.69, 9.17) is 4.74 Å². The van der Waals surface area contributed by atoms with Gasteiger partial charge in [-0.25, -0.2) is 0 Å². The number of carbonyl (C=O) groups is 2. The van der Waals surface area contributed by atoms with Gasteiger partial charge in [0.25, 0.3) is 5.91 Å². The lowest BCUT2D eigenvalue weighted by Crippen LogP contribution is -2.12. The summed E-state index contributed by atoms with van der Waals surface area (Å²) < 4.78 is 5.36. The second kappa shape index (κ2) is 7.52. The molecule has 0 saturated heterocycles. The molecule has 0 aromatic heterocycles. The molecule has 0 aliphatic heterocycles. The minimum atomic E-state index is -0.205. The van der Waals surface area contributed by atoms with E-state index in [-0.39, 0.29) is 11.7 Å². The van der Waals surface area contributed by atoms with Crippen LogP contribution in [0.1, 0.15) is 40.1 Å². The molecular formula is C18H19NO3. The highest BCUT2D eigenvalue weighted by atomic mass is 16.5. The predicted molar refractivity (Wildman–Crippen MR) is 86.2 cm³/mol. The third kappa shape index (κ3) is 4.27. The van der Waals surface area contributed by atoms with Gasteiger partial charge in [-0.1, -0.05) is 24.3 Å². The molecule has 0 radical (unpaired) electrons. The van der Waals surface area contributed by atoms with Gasteiger partial charge in [-0.15, -0.1) is 0 Å². The van der Waals surface area contributed by atoms with Crippen LogP contribution >= 0.6 is 0 Å². The van der Waals surface area contributed by atoms with Crippen LogP contribution in [0.4, 0.5) is 5.69 Å². The molecule has 0 fully saturated rings. The number of hydrogen-bond donors (Lipinski definition) is 1. The first-order chi connectivity index (χ1) is 10.6. The standard InChI is InChI=1S/C18H19NO3/c1-3-22-12-14-5-4-6-17(11-14)19-18(21)16-9-7-15(8-10-16)13(2)20/h4-11H,3,12H2,1-2H3,(H,19,21). The van der Waals surface area contributed by atoms with Crippen molar-refractivity contribution >= 4 is 17.4 Å². The Morgan fingerprint density at radius 1 is 1.05 bits per heavy atom. The minimum absolute atomic E-state index is 0.0180. The van der Waals surface area contributed by atoms with Crippen LogP contribution in [0.5, 0.6) is 0 Å². The number of carbonyl (C=O) groups excluding carboxylic acids is 2. The van der Waals surface area contributed by atoms with Crippen LogP contribution in [-0.4, -0.2) is 18.3 Å². The molecule has 4 nitrogen and oxygen atoms in total. The van der Waals surface area contributed by atoms with Crippen LogP contribution in [0, 0.1) is 0 Å². The second-order valence-corrected chi connectivity index (χ2v) is 4.93. The molecule has 0 atom stereocenters. The van der Waals surface area contributed by atoms with Gasteiger partial charge in [-0.2, -0.15) is 0 Å². The summed E-state index contributed by atoms with van der Waals surface area (Å²) in [6, 6.07) is 14.2. The summed E-state index contributed by atoms with van der Waals surface area (Å²) in [6.45, 7) is 4.61. The largest absolute Gasteiger partial charge is 0.377 e. The van der Waals surface area contributed by atoms with Crippen molar-refractivity contribution in [1.29, 1.82) is 0 Å². The highest BCUT2D eigenvalue weighted by molar-refractivity contribution is 6.05. The molecule has 1 amide bonds. The van der Waals surface area contributed by atoms with Crippen molar-refractivity contribution < 1.29 is 14.3 Å². The van der Waals surface area contributed by atoms with Gasteiger partial charge in [0.1, 0.15) is 0 Å². The molecule has 2 rings (SSSR count). The Balaban J connectivity index is 2.06. The summed E-state index contributed by atoms with van der Waals surface area (Å²) in [7, 11) is 0. The Morgan fingerprint density at radius 3 is 2.36 bits per heavy atom. The lowest BCUT2D eigenvalue weighted by atomic mass is 10.1. The van der Waals surface area contributed by atoms with Crippen molar-refractivity contribution in [3.05, 3.63) is 65.2 Å². The fourth-order valence-corrected chi connectivity index (χ4v) is 2.02. The fraction of sp³-hybridized carbons (Fsp3) is 0.222. The number of benzene rings is 2. The van der Waals surface area contributed by atoms with Gasteiger partial charge in [0.05, 0.1) is 6.61 Å². The Hall–Kier alpha value is -2.46. The van der Waals surface area contributed by atoms with Gasteiger partial charge in [0.2, 0.25) is 0 Å². The number of rotatable bonds is 6. The molecule has 0 aliphatic carbocycles. The van der Waals surface area contributed by atoms with Crippen LogP contribution in [0.2, 0.25) is 0 Å². The summed E-state index contributed by atoms with van der Waals surface area (Å²) >= 11 is 0. The van der Waals surface area contributed by atoms with Gasteiger partial charge < -0.3 is 10.1 Å². The summed E-state index contributed by atoms with van der Waals surface area (Å²) in [5.74, 6) is -0.223. The topological polar surface area (TPSA) is 55.4 Å². The third-order valence-corrected chi connectivity index (χ3v) is 3.21. The Morgan fingerprint density at radius 2 is 1.73 bits per heavy atom. The number of anilines is 1. The Labute approximate surface area is 130 Å². The highest BCUT2D eigenvalue weighted by Gasteiger charge is 2.07. The summed E-state index contributed by atoms with van der Waals surface area (Å²) in [5, 5.41) is 2.84. The summed E-state index contributed by atoms with van der Waals surface area (Å²) in [5.41, 5.74) is 2.83. The number of nitrogens with one attached hydrogen (secondary N) is 1. The van der Waals surface area contributed by atoms with Gasteiger partial charge in [-0.3, -0.25) is 9.59 Å². The number of hydrogen-bond acceptors (Lipinski definition) is 3. The van der Waals surface area contributed by atoms with E-state index < -0.39 is 0 Å². The van der Waals surface area contributed by atoms with E-state index >= 15 is 0 Å². The fourth-order valence-electron chi connectivity index (χ4n) is 2.02. The second-order valence-electron chi connectivity index (χ2n) is 4.93. The zero-order chi connectivity index (χ0) is 15.9. The maximum absolute atomic E-state index is 12.2. The van der Waals surface area contributed by atoms with Crippen LogP contribution in [0.15, 0.2) is 48.5 Å². The van der Waals surface area contributed by atoms with Gasteiger partial charge in [0, 0.05) is 23.4 Å². The molecule has 0 bridgehead atoms. The smallest absolute Gasteiger partial charge is 0.255 e. The lowest BCUT2D eigenvalue weighted by Gasteiger charge is -2.08. The molecule has 0 unspecified atom stereocenters. The van der Waals surface area contributed by atoms with E-state index in [1.54, 1.807) is 24.3 Å². The maximum Gasteiger partial charge on any atom is 0.255 e. The van der Waals surface area contributed by atoms with Crippen molar-refractivity contribution in [2.24, 2.45) is 0 Å². The van der Waals surface area contributed by atoms with Crippen molar-refractivity contribution in [2.45, 2.75) is 20.5 Å².